The number of benzene rings is 2. The van der Waals surface area contributed by atoms with Gasteiger partial charge in [0.05, 0.1) is 6.04 Å². The third-order valence-corrected chi connectivity index (χ3v) is 4.89. The lowest BCUT2D eigenvalue weighted by atomic mass is 9.86. The number of rotatable bonds is 5. The molecule has 136 valence electrons. The third-order valence-electron chi connectivity index (χ3n) is 4.89. The number of aromatic nitrogens is 1. The van der Waals surface area contributed by atoms with E-state index in [1.54, 1.807) is 0 Å². The van der Waals surface area contributed by atoms with E-state index >= 15 is 0 Å². The van der Waals surface area contributed by atoms with Crippen molar-refractivity contribution in [3.8, 4) is 0 Å². The van der Waals surface area contributed by atoms with E-state index in [9.17, 15) is 4.79 Å². The molecule has 4 N–H and O–H groups in total. The van der Waals surface area contributed by atoms with Crippen LogP contribution in [0.1, 0.15) is 37.8 Å². The molecule has 2 aromatic carbocycles. The quantitative estimate of drug-likeness (QED) is 0.656. The summed E-state index contributed by atoms with van der Waals surface area (Å²) < 4.78 is 0. The minimum absolute atomic E-state index is 0.0588. The summed E-state index contributed by atoms with van der Waals surface area (Å²) in [6.07, 6.45) is 2.04. The molecule has 26 heavy (non-hydrogen) atoms. The van der Waals surface area contributed by atoms with Crippen LogP contribution in [-0.4, -0.2) is 23.5 Å². The second kappa shape index (κ2) is 7.34. The average Bonchev–Trinajstić information content (AvgIpc) is 3.05. The van der Waals surface area contributed by atoms with Crippen LogP contribution in [-0.2, 0) is 4.79 Å². The predicted octanol–water partition coefficient (Wildman–Crippen LogP) is 3.79. The van der Waals surface area contributed by atoms with Crippen LogP contribution >= 0.6 is 0 Å². The van der Waals surface area contributed by atoms with E-state index in [1.807, 2.05) is 57.3 Å². The smallest absolute Gasteiger partial charge is 0.237 e. The standard InChI is InChI=1S/C22H27N3O/c1-22(2,3)20(23)21(26)25-13-17(15-9-5-4-6-10-15)18-14-24-19-12-8-7-11-16(18)19/h4-12,14,17,20,24H,13,23H2,1-3H3,(H,25,26)/t17?,20-/m1/s1. The highest BCUT2D eigenvalue weighted by Crippen LogP contribution is 2.30. The monoisotopic (exact) mass is 349 g/mol. The molecule has 0 radical (unpaired) electrons. The van der Waals surface area contributed by atoms with Crippen molar-refractivity contribution in [2.24, 2.45) is 11.1 Å². The normalized spacial score (nSPS) is 14.2. The molecule has 4 nitrogen and oxygen atoms in total. The first kappa shape index (κ1) is 18.2. The Kier molecular flexibility index (Phi) is 5.14. The van der Waals surface area contributed by atoms with Gasteiger partial charge in [-0.25, -0.2) is 0 Å². The van der Waals surface area contributed by atoms with Crippen LogP contribution in [0.5, 0.6) is 0 Å². The van der Waals surface area contributed by atoms with Crippen molar-refractivity contribution in [1.29, 1.82) is 0 Å². The molecule has 1 unspecified atom stereocenters. The zero-order valence-corrected chi connectivity index (χ0v) is 15.6. The minimum Gasteiger partial charge on any atom is -0.361 e. The fraction of sp³-hybridized carbons (Fsp3) is 0.318. The Morgan fingerprint density at radius 3 is 2.42 bits per heavy atom. The van der Waals surface area contributed by atoms with Crippen molar-refractivity contribution in [3.05, 3.63) is 71.9 Å². The Morgan fingerprint density at radius 1 is 1.08 bits per heavy atom. The molecule has 0 fully saturated rings. The van der Waals surface area contributed by atoms with Crippen LogP contribution in [0.25, 0.3) is 10.9 Å². The number of fused-ring (bicyclic) bond motifs is 1. The lowest BCUT2D eigenvalue weighted by Crippen LogP contribution is -2.49. The lowest BCUT2D eigenvalue weighted by molar-refractivity contribution is -0.124. The number of nitrogens with two attached hydrogens (primary N) is 1. The van der Waals surface area contributed by atoms with Crippen LogP contribution < -0.4 is 11.1 Å². The van der Waals surface area contributed by atoms with Crippen LogP contribution in [0.4, 0.5) is 0 Å². The van der Waals surface area contributed by atoms with Gasteiger partial charge in [-0.1, -0.05) is 69.3 Å². The summed E-state index contributed by atoms with van der Waals surface area (Å²) in [5, 5.41) is 4.24. The van der Waals surface area contributed by atoms with Gasteiger partial charge in [0, 0.05) is 29.6 Å². The van der Waals surface area contributed by atoms with E-state index in [1.165, 1.54) is 16.5 Å². The maximum atomic E-state index is 12.5. The Labute approximate surface area is 154 Å². The van der Waals surface area contributed by atoms with Crippen molar-refractivity contribution < 1.29 is 4.79 Å². The molecule has 4 heteroatoms. The van der Waals surface area contributed by atoms with Gasteiger partial charge in [-0.15, -0.1) is 0 Å². The van der Waals surface area contributed by atoms with Gasteiger partial charge in [0.15, 0.2) is 0 Å². The first-order valence-corrected chi connectivity index (χ1v) is 9.02. The van der Waals surface area contributed by atoms with Gasteiger partial charge >= 0.3 is 0 Å². The lowest BCUT2D eigenvalue weighted by Gasteiger charge is -2.27. The van der Waals surface area contributed by atoms with Gasteiger partial charge in [0.1, 0.15) is 0 Å². The Hall–Kier alpha value is -2.59. The third kappa shape index (κ3) is 3.81. The molecule has 3 aromatic rings. The van der Waals surface area contributed by atoms with Crippen molar-refractivity contribution in [2.45, 2.75) is 32.7 Å². The van der Waals surface area contributed by atoms with E-state index in [-0.39, 0.29) is 17.2 Å². The zero-order valence-electron chi connectivity index (χ0n) is 15.6. The molecule has 1 aromatic heterocycles. The highest BCUT2D eigenvalue weighted by Gasteiger charge is 2.28. The Bertz CT molecular complexity index is 877. The predicted molar refractivity (Wildman–Crippen MR) is 107 cm³/mol. The molecular weight excluding hydrogens is 322 g/mol. The van der Waals surface area contributed by atoms with Gasteiger partial charge in [0.25, 0.3) is 0 Å². The van der Waals surface area contributed by atoms with E-state index < -0.39 is 6.04 Å². The molecular formula is C22H27N3O. The number of hydrogen-bond acceptors (Lipinski definition) is 2. The molecule has 1 amide bonds. The topological polar surface area (TPSA) is 70.9 Å². The van der Waals surface area contributed by atoms with Gasteiger partial charge in [-0.05, 0) is 22.6 Å². The Morgan fingerprint density at radius 2 is 1.73 bits per heavy atom. The molecule has 0 bridgehead atoms. The molecule has 0 saturated heterocycles. The van der Waals surface area contributed by atoms with E-state index in [0.29, 0.717) is 6.54 Å². The van der Waals surface area contributed by atoms with Crippen molar-refractivity contribution >= 4 is 16.8 Å². The number of amides is 1. The fourth-order valence-corrected chi connectivity index (χ4v) is 3.18. The summed E-state index contributed by atoms with van der Waals surface area (Å²) >= 11 is 0. The number of aromatic amines is 1. The molecule has 0 aliphatic rings. The largest absolute Gasteiger partial charge is 0.361 e. The van der Waals surface area contributed by atoms with E-state index in [0.717, 1.165) is 5.52 Å². The number of carbonyl (C=O) groups excluding carboxylic acids is 1. The SMILES string of the molecule is CC(C)(C)[C@H](N)C(=O)NCC(c1ccccc1)c1c[nH]c2ccccc12. The summed E-state index contributed by atoms with van der Waals surface area (Å²) in [5.41, 5.74) is 9.28. The molecule has 2 atom stereocenters. The minimum atomic E-state index is -0.540. The van der Waals surface area contributed by atoms with Crippen LogP contribution in [0.15, 0.2) is 60.8 Å². The summed E-state index contributed by atoms with van der Waals surface area (Å²) in [6.45, 7) is 6.44. The summed E-state index contributed by atoms with van der Waals surface area (Å²) in [6, 6.07) is 17.9. The number of H-pyrrole nitrogens is 1. The maximum absolute atomic E-state index is 12.5. The van der Waals surface area contributed by atoms with Crippen molar-refractivity contribution in [2.75, 3.05) is 6.54 Å². The maximum Gasteiger partial charge on any atom is 0.237 e. The van der Waals surface area contributed by atoms with Gasteiger partial charge in [-0.3, -0.25) is 4.79 Å². The fourth-order valence-electron chi connectivity index (χ4n) is 3.18. The Balaban J connectivity index is 1.89. The van der Waals surface area contributed by atoms with Crippen molar-refractivity contribution in [1.82, 2.24) is 10.3 Å². The van der Waals surface area contributed by atoms with Crippen molar-refractivity contribution in [3.63, 3.8) is 0 Å². The van der Waals surface area contributed by atoms with Crippen LogP contribution in [0.2, 0.25) is 0 Å². The second-order valence-corrected chi connectivity index (χ2v) is 7.84. The van der Waals surface area contributed by atoms with Crippen LogP contribution in [0.3, 0.4) is 0 Å². The molecule has 0 aliphatic carbocycles. The van der Waals surface area contributed by atoms with Gasteiger partial charge in [0.2, 0.25) is 5.91 Å². The number of para-hydroxylation sites is 1. The molecule has 0 spiro atoms. The van der Waals surface area contributed by atoms with E-state index in [2.05, 4.69) is 34.6 Å². The highest BCUT2D eigenvalue weighted by atomic mass is 16.2. The summed E-state index contributed by atoms with van der Waals surface area (Å²) in [5.74, 6) is -0.0539. The summed E-state index contributed by atoms with van der Waals surface area (Å²) in [7, 11) is 0. The number of nitrogens with one attached hydrogen (secondary N) is 2. The average molecular weight is 349 g/mol. The molecule has 0 saturated carbocycles. The van der Waals surface area contributed by atoms with E-state index in [4.69, 9.17) is 5.73 Å². The highest BCUT2D eigenvalue weighted by molar-refractivity contribution is 5.85. The first-order chi connectivity index (χ1) is 12.4. The molecule has 1 heterocycles. The van der Waals surface area contributed by atoms with Gasteiger partial charge in [-0.2, -0.15) is 0 Å². The summed E-state index contributed by atoms with van der Waals surface area (Å²) in [4.78, 5) is 15.9. The van der Waals surface area contributed by atoms with Gasteiger partial charge < -0.3 is 16.0 Å². The van der Waals surface area contributed by atoms with Crippen LogP contribution in [0, 0.1) is 5.41 Å². The molecule has 3 rings (SSSR count). The number of carbonyl (C=O) groups is 1. The zero-order chi connectivity index (χ0) is 18.7. The number of hydrogen-bond donors (Lipinski definition) is 3. The first-order valence-electron chi connectivity index (χ1n) is 9.02. The second-order valence-electron chi connectivity index (χ2n) is 7.84. The molecule has 0 aliphatic heterocycles.